The van der Waals surface area contributed by atoms with Crippen LogP contribution in [-0.2, 0) is 10.0 Å². The van der Waals surface area contributed by atoms with Crippen molar-refractivity contribution in [3.63, 3.8) is 0 Å². The summed E-state index contributed by atoms with van der Waals surface area (Å²) in [5.74, 6) is 0.357. The molecule has 0 bridgehead atoms. The first-order valence-electron chi connectivity index (χ1n) is 5.86. The molecule has 0 radical (unpaired) electrons. The molecule has 0 aliphatic carbocycles. The van der Waals surface area contributed by atoms with Crippen LogP contribution >= 0.6 is 0 Å². The molecule has 0 atom stereocenters. The Morgan fingerprint density at radius 2 is 2.15 bits per heavy atom. The van der Waals surface area contributed by atoms with Crippen molar-refractivity contribution in [2.24, 2.45) is 0 Å². The van der Waals surface area contributed by atoms with Gasteiger partial charge in [-0.1, -0.05) is 0 Å². The molecule has 0 fully saturated rings. The average Bonchev–Trinajstić information content (AvgIpc) is 2.41. The molecule has 0 aliphatic heterocycles. The number of benzene rings is 1. The Hall–Kier alpha value is -2.35. The van der Waals surface area contributed by atoms with E-state index in [0.29, 0.717) is 12.3 Å². The molecule has 0 saturated carbocycles. The molecule has 1 aromatic carbocycles. The van der Waals surface area contributed by atoms with E-state index in [1.54, 1.807) is 19.1 Å². The summed E-state index contributed by atoms with van der Waals surface area (Å²) in [5, 5.41) is 7.28. The minimum absolute atomic E-state index is 0.0370. The number of hydrogen-bond donors (Lipinski definition) is 2. The van der Waals surface area contributed by atoms with Crippen molar-refractivity contribution in [1.29, 1.82) is 0 Å². The van der Waals surface area contributed by atoms with Crippen LogP contribution in [0.4, 0.5) is 11.5 Å². The van der Waals surface area contributed by atoms with E-state index < -0.39 is 10.0 Å². The largest absolute Gasteiger partial charge is 0.492 e. The maximum absolute atomic E-state index is 12.3. The van der Waals surface area contributed by atoms with E-state index in [4.69, 9.17) is 10.5 Å². The first-order valence-corrected chi connectivity index (χ1v) is 7.34. The minimum atomic E-state index is -3.85. The molecular weight excluding hydrogens is 280 g/mol. The van der Waals surface area contributed by atoms with Crippen LogP contribution in [0.1, 0.15) is 6.92 Å². The lowest BCUT2D eigenvalue weighted by atomic mass is 10.3. The number of nitrogens with one attached hydrogen (secondary N) is 1. The molecule has 3 N–H and O–H groups in total. The number of nitrogen functional groups attached to an aromatic ring is 1. The second kappa shape index (κ2) is 5.74. The standard InChI is InChI=1S/C12H14N4O3S/c1-2-19-10-6-5-9(13)8-11(10)20(17,18)16-12-4-3-7-14-15-12/h3-8H,2,13H2,1H3,(H,15,16). The summed E-state index contributed by atoms with van der Waals surface area (Å²) in [6.45, 7) is 2.11. The molecule has 106 valence electrons. The summed E-state index contributed by atoms with van der Waals surface area (Å²) >= 11 is 0. The van der Waals surface area contributed by atoms with Crippen LogP contribution in [0.3, 0.4) is 0 Å². The van der Waals surface area contributed by atoms with E-state index in [0.717, 1.165) is 0 Å². The number of ether oxygens (including phenoxy) is 1. The molecule has 0 unspecified atom stereocenters. The monoisotopic (exact) mass is 294 g/mol. The van der Waals surface area contributed by atoms with Gasteiger partial charge in [-0.25, -0.2) is 8.42 Å². The van der Waals surface area contributed by atoms with E-state index in [-0.39, 0.29) is 16.5 Å². The molecule has 1 heterocycles. The quantitative estimate of drug-likeness (QED) is 0.804. The van der Waals surface area contributed by atoms with Crippen LogP contribution in [0.5, 0.6) is 5.75 Å². The third-order valence-electron chi connectivity index (χ3n) is 2.37. The fourth-order valence-electron chi connectivity index (χ4n) is 1.56. The summed E-state index contributed by atoms with van der Waals surface area (Å²) in [6, 6.07) is 7.50. The van der Waals surface area contributed by atoms with Crippen LogP contribution in [0.2, 0.25) is 0 Å². The third-order valence-corrected chi connectivity index (χ3v) is 3.74. The molecule has 20 heavy (non-hydrogen) atoms. The molecule has 0 saturated heterocycles. The van der Waals surface area contributed by atoms with Crippen LogP contribution in [0.15, 0.2) is 41.4 Å². The highest BCUT2D eigenvalue weighted by atomic mass is 32.2. The summed E-state index contributed by atoms with van der Waals surface area (Å²) in [5.41, 5.74) is 5.96. The Morgan fingerprint density at radius 3 is 2.80 bits per heavy atom. The zero-order valence-corrected chi connectivity index (χ0v) is 11.6. The van der Waals surface area contributed by atoms with Gasteiger partial charge in [0.1, 0.15) is 10.6 Å². The Kier molecular flexibility index (Phi) is 4.04. The van der Waals surface area contributed by atoms with E-state index >= 15 is 0 Å². The van der Waals surface area contributed by atoms with Crippen molar-refractivity contribution >= 4 is 21.5 Å². The van der Waals surface area contributed by atoms with Gasteiger partial charge < -0.3 is 10.5 Å². The van der Waals surface area contributed by atoms with E-state index in [1.807, 2.05) is 0 Å². The number of sulfonamides is 1. The summed E-state index contributed by atoms with van der Waals surface area (Å²) in [6.07, 6.45) is 1.45. The van der Waals surface area contributed by atoms with Gasteiger partial charge in [0, 0.05) is 11.9 Å². The number of rotatable bonds is 5. The number of nitrogens with two attached hydrogens (primary N) is 1. The van der Waals surface area contributed by atoms with Crippen LogP contribution in [-0.4, -0.2) is 25.2 Å². The van der Waals surface area contributed by atoms with Crippen molar-refractivity contribution in [3.05, 3.63) is 36.5 Å². The van der Waals surface area contributed by atoms with Gasteiger partial charge in [-0.3, -0.25) is 4.72 Å². The van der Waals surface area contributed by atoms with E-state index in [2.05, 4.69) is 14.9 Å². The molecular formula is C12H14N4O3S. The first-order chi connectivity index (χ1) is 9.53. The van der Waals surface area contributed by atoms with Gasteiger partial charge in [0.2, 0.25) is 0 Å². The fraction of sp³-hybridized carbons (Fsp3) is 0.167. The van der Waals surface area contributed by atoms with Gasteiger partial charge in [0.05, 0.1) is 6.61 Å². The Labute approximate surface area is 116 Å². The van der Waals surface area contributed by atoms with Crippen LogP contribution in [0.25, 0.3) is 0 Å². The fourth-order valence-corrected chi connectivity index (χ4v) is 2.74. The van der Waals surface area contributed by atoms with Crippen molar-refractivity contribution in [1.82, 2.24) is 10.2 Å². The molecule has 0 spiro atoms. The molecule has 0 aliphatic rings. The molecule has 2 aromatic rings. The Bertz CT molecular complexity index is 689. The maximum Gasteiger partial charge on any atom is 0.266 e. The number of hydrogen-bond acceptors (Lipinski definition) is 6. The smallest absolute Gasteiger partial charge is 0.266 e. The lowest BCUT2D eigenvalue weighted by Gasteiger charge is -2.12. The Balaban J connectivity index is 2.41. The van der Waals surface area contributed by atoms with E-state index in [1.165, 1.54) is 24.4 Å². The predicted octanol–water partition coefficient (Wildman–Crippen LogP) is 1.26. The zero-order valence-electron chi connectivity index (χ0n) is 10.8. The summed E-state index contributed by atoms with van der Waals surface area (Å²) < 4.78 is 32.3. The van der Waals surface area contributed by atoms with E-state index in [9.17, 15) is 8.42 Å². The van der Waals surface area contributed by atoms with Crippen molar-refractivity contribution in [2.75, 3.05) is 17.1 Å². The molecule has 7 nitrogen and oxygen atoms in total. The maximum atomic E-state index is 12.3. The molecule has 0 amide bonds. The molecule has 1 aromatic heterocycles. The highest BCUT2D eigenvalue weighted by Crippen LogP contribution is 2.27. The second-order valence-electron chi connectivity index (χ2n) is 3.85. The number of nitrogens with zero attached hydrogens (tertiary/aromatic N) is 2. The van der Waals surface area contributed by atoms with Crippen molar-refractivity contribution in [2.45, 2.75) is 11.8 Å². The topological polar surface area (TPSA) is 107 Å². The highest BCUT2D eigenvalue weighted by Gasteiger charge is 2.20. The Morgan fingerprint density at radius 1 is 1.35 bits per heavy atom. The van der Waals surface area contributed by atoms with Gasteiger partial charge in [-0.05, 0) is 37.3 Å². The number of anilines is 2. The van der Waals surface area contributed by atoms with Crippen molar-refractivity contribution < 1.29 is 13.2 Å². The second-order valence-corrected chi connectivity index (χ2v) is 5.50. The van der Waals surface area contributed by atoms with Gasteiger partial charge in [-0.15, -0.1) is 5.10 Å². The van der Waals surface area contributed by atoms with Gasteiger partial charge >= 0.3 is 0 Å². The van der Waals surface area contributed by atoms with Gasteiger partial charge in [0.25, 0.3) is 10.0 Å². The lowest BCUT2D eigenvalue weighted by molar-refractivity contribution is 0.331. The van der Waals surface area contributed by atoms with Crippen molar-refractivity contribution in [3.8, 4) is 5.75 Å². The molecule has 8 heteroatoms. The highest BCUT2D eigenvalue weighted by molar-refractivity contribution is 7.92. The third kappa shape index (κ3) is 3.15. The summed E-state index contributed by atoms with van der Waals surface area (Å²) in [7, 11) is -3.85. The van der Waals surface area contributed by atoms with Crippen LogP contribution < -0.4 is 15.2 Å². The van der Waals surface area contributed by atoms with Gasteiger partial charge in [-0.2, -0.15) is 5.10 Å². The average molecular weight is 294 g/mol. The summed E-state index contributed by atoms with van der Waals surface area (Å²) in [4.78, 5) is -0.0370. The normalized spacial score (nSPS) is 11.1. The van der Waals surface area contributed by atoms with Gasteiger partial charge in [0.15, 0.2) is 5.82 Å². The number of aromatic nitrogens is 2. The molecule has 2 rings (SSSR count). The van der Waals surface area contributed by atoms with Crippen LogP contribution in [0, 0.1) is 0 Å². The minimum Gasteiger partial charge on any atom is -0.492 e. The predicted molar refractivity (Wildman–Crippen MR) is 74.9 cm³/mol. The first kappa shape index (κ1) is 14.1. The lowest BCUT2D eigenvalue weighted by Crippen LogP contribution is -2.16. The zero-order chi connectivity index (χ0) is 14.6. The SMILES string of the molecule is CCOc1ccc(N)cc1S(=O)(=O)Nc1cccnn1.